The first-order chi connectivity index (χ1) is 4.38. The van der Waals surface area contributed by atoms with Gasteiger partial charge in [-0.2, -0.15) is 0 Å². The highest BCUT2D eigenvalue weighted by atomic mass is 14.2. The molecule has 0 bridgehead atoms. The molecule has 0 aromatic heterocycles. The number of hydrogen-bond acceptors (Lipinski definition) is 0. The Hall–Kier alpha value is -0.780. The van der Waals surface area contributed by atoms with Crippen LogP contribution in [0.2, 0.25) is 0 Å². The van der Waals surface area contributed by atoms with Crippen LogP contribution in [-0.4, -0.2) is 0 Å². The molecular weight excluding hydrogens is 108 g/mol. The summed E-state index contributed by atoms with van der Waals surface area (Å²) in [5, 5.41) is 0. The van der Waals surface area contributed by atoms with Crippen LogP contribution in [0.4, 0.5) is 0 Å². The van der Waals surface area contributed by atoms with E-state index in [0.29, 0.717) is 0 Å². The second-order valence-corrected chi connectivity index (χ2v) is 2.77. The lowest BCUT2D eigenvalue weighted by molar-refractivity contribution is 0.789. The summed E-state index contributed by atoms with van der Waals surface area (Å²) in [5.41, 5.74) is 3.03. The van der Waals surface area contributed by atoms with Crippen molar-refractivity contribution in [2.75, 3.05) is 0 Å². The van der Waals surface area contributed by atoms with Gasteiger partial charge in [0.1, 0.15) is 0 Å². The molecule has 0 nitrogen and oxygen atoms in total. The maximum atomic E-state index is 2.26. The van der Waals surface area contributed by atoms with E-state index < -0.39 is 0 Å². The average molecular weight is 118 g/mol. The molecule has 2 rings (SSSR count). The molecule has 0 amide bonds. The van der Waals surface area contributed by atoms with Crippen molar-refractivity contribution in [2.24, 2.45) is 5.92 Å². The zero-order valence-corrected chi connectivity index (χ0v) is 5.59. The van der Waals surface area contributed by atoms with Crippen molar-refractivity contribution < 1.29 is 0 Å². The lowest BCUT2D eigenvalue weighted by Gasteiger charge is -2.04. The lowest BCUT2D eigenvalue weighted by atomic mass is 9.99. The predicted octanol–water partition coefficient (Wildman–Crippen LogP) is 2.45. The molecule has 1 unspecified atom stereocenters. The van der Waals surface area contributed by atoms with Crippen molar-refractivity contribution in [3.8, 4) is 0 Å². The maximum Gasteiger partial charge on any atom is 0.00830 e. The monoisotopic (exact) mass is 118 g/mol. The minimum absolute atomic E-state index is 0.755. The molecule has 0 aromatic carbocycles. The van der Waals surface area contributed by atoms with Gasteiger partial charge in [0.05, 0.1) is 0 Å². The number of rotatable bonds is 0. The second-order valence-electron chi connectivity index (χ2n) is 2.77. The van der Waals surface area contributed by atoms with E-state index in [4.69, 9.17) is 0 Å². The van der Waals surface area contributed by atoms with Crippen molar-refractivity contribution in [1.82, 2.24) is 0 Å². The summed E-state index contributed by atoms with van der Waals surface area (Å²) in [6.07, 6.45) is 10.2. The molecular formula is C9H10. The second kappa shape index (κ2) is 1.60. The van der Waals surface area contributed by atoms with Gasteiger partial charge in [-0.15, -0.1) is 0 Å². The summed E-state index contributed by atoms with van der Waals surface area (Å²) in [6, 6.07) is 0. The van der Waals surface area contributed by atoms with Gasteiger partial charge in [0.15, 0.2) is 0 Å². The van der Waals surface area contributed by atoms with Crippen LogP contribution in [0.5, 0.6) is 0 Å². The Morgan fingerprint density at radius 3 is 3.11 bits per heavy atom. The van der Waals surface area contributed by atoms with Gasteiger partial charge in [-0.05, 0) is 18.9 Å². The van der Waals surface area contributed by atoms with E-state index in [9.17, 15) is 0 Å². The highest BCUT2D eigenvalue weighted by molar-refractivity contribution is 5.43. The number of fused-ring (bicyclic) bond motifs is 1. The minimum Gasteiger partial charge on any atom is -0.0833 e. The highest BCUT2D eigenvalue weighted by Gasteiger charge is 2.19. The lowest BCUT2D eigenvalue weighted by Crippen LogP contribution is -1.92. The fraction of sp³-hybridized carbons (Fsp3) is 0.333. The molecule has 0 aliphatic heterocycles. The summed E-state index contributed by atoms with van der Waals surface area (Å²) in [7, 11) is 0. The molecule has 0 N–H and O–H groups in total. The van der Waals surface area contributed by atoms with Crippen molar-refractivity contribution in [3.05, 3.63) is 35.5 Å². The maximum absolute atomic E-state index is 2.26. The zero-order valence-electron chi connectivity index (χ0n) is 5.59. The summed E-state index contributed by atoms with van der Waals surface area (Å²) >= 11 is 0. The van der Waals surface area contributed by atoms with Gasteiger partial charge < -0.3 is 0 Å². The Balaban J connectivity index is 2.36. The molecule has 0 radical (unpaired) electrons. The fourth-order valence-electron chi connectivity index (χ4n) is 1.56. The first-order valence-corrected chi connectivity index (χ1v) is 3.43. The van der Waals surface area contributed by atoms with Crippen LogP contribution < -0.4 is 0 Å². The largest absolute Gasteiger partial charge is 0.0833 e. The summed E-state index contributed by atoms with van der Waals surface area (Å²) < 4.78 is 0. The average Bonchev–Trinajstić information content (AvgIpc) is 2.35. The molecule has 9 heavy (non-hydrogen) atoms. The number of allylic oxidation sites excluding steroid dienone is 6. The topological polar surface area (TPSA) is 0 Å². The van der Waals surface area contributed by atoms with Gasteiger partial charge in [-0.25, -0.2) is 0 Å². The predicted molar refractivity (Wildman–Crippen MR) is 39.1 cm³/mol. The van der Waals surface area contributed by atoms with Gasteiger partial charge in [-0.3, -0.25) is 0 Å². The molecule has 0 heteroatoms. The smallest absolute Gasteiger partial charge is 0.00830 e. The van der Waals surface area contributed by atoms with Crippen LogP contribution in [0.3, 0.4) is 0 Å². The molecule has 0 saturated carbocycles. The quantitative estimate of drug-likeness (QED) is 0.458. The molecule has 0 fully saturated rings. The minimum atomic E-state index is 0.755. The van der Waals surface area contributed by atoms with E-state index in [-0.39, 0.29) is 0 Å². The fourth-order valence-corrected chi connectivity index (χ4v) is 1.56. The Labute approximate surface area is 55.6 Å². The first kappa shape index (κ1) is 5.04. The molecule has 1 atom stereocenters. The third-order valence-corrected chi connectivity index (χ3v) is 2.17. The Morgan fingerprint density at radius 1 is 1.44 bits per heavy atom. The van der Waals surface area contributed by atoms with E-state index in [1.807, 2.05) is 0 Å². The molecule has 0 heterocycles. The number of hydrogen-bond donors (Lipinski definition) is 0. The van der Waals surface area contributed by atoms with Crippen molar-refractivity contribution in [1.29, 1.82) is 0 Å². The SMILES string of the molecule is CC1=CC=C2C=CCC12. The van der Waals surface area contributed by atoms with E-state index in [0.717, 1.165) is 5.92 Å². The van der Waals surface area contributed by atoms with Gasteiger partial charge in [0.2, 0.25) is 0 Å². The molecule has 46 valence electrons. The molecule has 2 aliphatic carbocycles. The van der Waals surface area contributed by atoms with E-state index in [2.05, 4.69) is 31.2 Å². The molecule has 2 aliphatic rings. The zero-order chi connectivity index (χ0) is 6.27. The van der Waals surface area contributed by atoms with E-state index >= 15 is 0 Å². The normalized spacial score (nSPS) is 30.1. The molecule has 0 aromatic rings. The third kappa shape index (κ3) is 0.593. The highest BCUT2D eigenvalue weighted by Crippen LogP contribution is 2.34. The van der Waals surface area contributed by atoms with Crippen molar-refractivity contribution in [3.63, 3.8) is 0 Å². The van der Waals surface area contributed by atoms with Crippen molar-refractivity contribution >= 4 is 0 Å². The summed E-state index contributed by atoms with van der Waals surface area (Å²) in [6.45, 7) is 2.21. The van der Waals surface area contributed by atoms with Crippen molar-refractivity contribution in [2.45, 2.75) is 13.3 Å². The Kier molecular flexibility index (Phi) is 0.895. The first-order valence-electron chi connectivity index (χ1n) is 3.43. The van der Waals surface area contributed by atoms with Gasteiger partial charge >= 0.3 is 0 Å². The van der Waals surface area contributed by atoms with Gasteiger partial charge in [0, 0.05) is 5.92 Å². The van der Waals surface area contributed by atoms with Crippen LogP contribution in [0.25, 0.3) is 0 Å². The molecule has 0 spiro atoms. The van der Waals surface area contributed by atoms with Crippen LogP contribution in [0, 0.1) is 5.92 Å². The van der Waals surface area contributed by atoms with Gasteiger partial charge in [-0.1, -0.05) is 29.9 Å². The standard InChI is InChI=1S/C9H10/c1-7-5-6-8-3-2-4-9(7)8/h2-3,5-6,9H,4H2,1H3. The Morgan fingerprint density at radius 2 is 2.33 bits per heavy atom. The van der Waals surface area contributed by atoms with Crippen LogP contribution in [-0.2, 0) is 0 Å². The summed E-state index contributed by atoms with van der Waals surface area (Å²) in [5.74, 6) is 0.755. The van der Waals surface area contributed by atoms with Crippen LogP contribution >= 0.6 is 0 Å². The Bertz CT molecular complexity index is 216. The van der Waals surface area contributed by atoms with Crippen LogP contribution in [0.1, 0.15) is 13.3 Å². The molecule has 0 saturated heterocycles. The van der Waals surface area contributed by atoms with E-state index in [1.165, 1.54) is 17.6 Å². The van der Waals surface area contributed by atoms with Crippen LogP contribution in [0.15, 0.2) is 35.5 Å². The third-order valence-electron chi connectivity index (χ3n) is 2.17. The van der Waals surface area contributed by atoms with Gasteiger partial charge in [0.25, 0.3) is 0 Å². The van der Waals surface area contributed by atoms with E-state index in [1.54, 1.807) is 0 Å². The summed E-state index contributed by atoms with van der Waals surface area (Å²) in [4.78, 5) is 0.